The molecular weight excluding hydrogens is 362 g/mol. The summed E-state index contributed by atoms with van der Waals surface area (Å²) in [5.41, 5.74) is 5.64. The third-order valence-electron chi connectivity index (χ3n) is 5.09. The molecule has 1 aliphatic heterocycles. The number of carbonyl (C=O) groups excluding carboxylic acids is 1. The molecule has 0 amide bonds. The molecule has 0 bridgehead atoms. The van der Waals surface area contributed by atoms with Crippen LogP contribution in [-0.4, -0.2) is 49.5 Å². The minimum atomic E-state index is 0.00302. The van der Waals surface area contributed by atoms with Gasteiger partial charge in [-0.2, -0.15) is 0 Å². The largest absolute Gasteiger partial charge is 0.494 e. The fourth-order valence-electron chi connectivity index (χ4n) is 3.85. The molecule has 148 valence electrons. The average molecular weight is 387 g/mol. The lowest BCUT2D eigenvalue weighted by Gasteiger charge is -2.21. The molecule has 2 aromatic carbocycles. The monoisotopic (exact) mass is 387 g/mol. The molecule has 0 saturated heterocycles. The SMILES string of the molecule is CCOc1ccc(C2=C3N=C(CN(C)C)N=C3c3ccccc3C2=O)c(CC)c1. The van der Waals surface area contributed by atoms with Crippen molar-refractivity contribution in [3.8, 4) is 5.75 Å². The van der Waals surface area contributed by atoms with Gasteiger partial charge in [0.2, 0.25) is 0 Å². The molecule has 0 aromatic heterocycles. The highest BCUT2D eigenvalue weighted by Gasteiger charge is 2.35. The van der Waals surface area contributed by atoms with Gasteiger partial charge in [0.15, 0.2) is 5.78 Å². The van der Waals surface area contributed by atoms with Crippen molar-refractivity contribution in [2.45, 2.75) is 20.3 Å². The van der Waals surface area contributed by atoms with Gasteiger partial charge in [-0.25, -0.2) is 9.98 Å². The Morgan fingerprint density at radius 3 is 2.41 bits per heavy atom. The Morgan fingerprint density at radius 1 is 0.966 bits per heavy atom. The number of carbonyl (C=O) groups is 1. The van der Waals surface area contributed by atoms with Gasteiger partial charge >= 0.3 is 0 Å². The minimum Gasteiger partial charge on any atom is -0.494 e. The molecule has 5 nitrogen and oxygen atoms in total. The van der Waals surface area contributed by atoms with Crippen LogP contribution in [0.15, 0.2) is 58.1 Å². The van der Waals surface area contributed by atoms with E-state index in [0.29, 0.717) is 30.0 Å². The molecule has 0 N–H and O–H groups in total. The van der Waals surface area contributed by atoms with Crippen LogP contribution in [-0.2, 0) is 6.42 Å². The Kier molecular flexibility index (Phi) is 5.16. The van der Waals surface area contributed by atoms with Gasteiger partial charge in [-0.05, 0) is 50.7 Å². The molecule has 0 unspecified atom stereocenters. The van der Waals surface area contributed by atoms with Crippen molar-refractivity contribution in [2.24, 2.45) is 9.98 Å². The van der Waals surface area contributed by atoms with Crippen molar-refractivity contribution in [1.82, 2.24) is 4.90 Å². The van der Waals surface area contributed by atoms with Crippen molar-refractivity contribution >= 4 is 22.9 Å². The number of likely N-dealkylation sites (N-methyl/N-ethyl adjacent to an activating group) is 1. The maximum atomic E-state index is 13.5. The second-order valence-corrected chi connectivity index (χ2v) is 7.43. The smallest absolute Gasteiger partial charge is 0.196 e. The van der Waals surface area contributed by atoms with Crippen LogP contribution in [0.25, 0.3) is 5.57 Å². The number of fused-ring (bicyclic) bond motifs is 3. The Bertz CT molecular complexity index is 1080. The number of benzene rings is 2. The van der Waals surface area contributed by atoms with Crippen LogP contribution in [0.4, 0.5) is 0 Å². The van der Waals surface area contributed by atoms with E-state index in [-0.39, 0.29) is 5.78 Å². The van der Waals surface area contributed by atoms with Crippen LogP contribution in [0.2, 0.25) is 0 Å². The summed E-state index contributed by atoms with van der Waals surface area (Å²) in [5.74, 6) is 1.55. The zero-order valence-electron chi connectivity index (χ0n) is 17.3. The predicted molar refractivity (Wildman–Crippen MR) is 117 cm³/mol. The van der Waals surface area contributed by atoms with Crippen LogP contribution in [0.3, 0.4) is 0 Å². The number of hydrogen-bond donors (Lipinski definition) is 0. The first-order chi connectivity index (χ1) is 14.0. The second-order valence-electron chi connectivity index (χ2n) is 7.43. The molecule has 0 radical (unpaired) electrons. The maximum Gasteiger partial charge on any atom is 0.196 e. The van der Waals surface area contributed by atoms with Crippen molar-refractivity contribution in [3.05, 3.63) is 70.4 Å². The van der Waals surface area contributed by atoms with E-state index in [9.17, 15) is 4.79 Å². The molecule has 1 aliphatic carbocycles. The van der Waals surface area contributed by atoms with Gasteiger partial charge in [-0.15, -0.1) is 0 Å². The van der Waals surface area contributed by atoms with Crippen molar-refractivity contribution in [3.63, 3.8) is 0 Å². The van der Waals surface area contributed by atoms with Crippen LogP contribution in [0.1, 0.15) is 40.9 Å². The minimum absolute atomic E-state index is 0.00302. The lowest BCUT2D eigenvalue weighted by molar-refractivity contribution is 0.105. The first kappa shape index (κ1) is 19.3. The number of nitrogens with zero attached hydrogens (tertiary/aromatic N) is 3. The summed E-state index contributed by atoms with van der Waals surface area (Å²) in [5, 5.41) is 0. The zero-order valence-corrected chi connectivity index (χ0v) is 17.3. The van der Waals surface area contributed by atoms with E-state index >= 15 is 0 Å². The maximum absolute atomic E-state index is 13.5. The summed E-state index contributed by atoms with van der Waals surface area (Å²) in [6.45, 7) is 5.29. The predicted octanol–water partition coefficient (Wildman–Crippen LogP) is 4.02. The number of Topliss-reactive ketones (excluding diaryl/α,β-unsaturated/α-hetero) is 1. The van der Waals surface area contributed by atoms with Gasteiger partial charge < -0.3 is 9.64 Å². The molecule has 2 aliphatic rings. The van der Waals surface area contributed by atoms with Gasteiger partial charge in [-0.1, -0.05) is 37.3 Å². The number of aryl methyl sites for hydroxylation is 1. The van der Waals surface area contributed by atoms with E-state index in [1.54, 1.807) is 0 Å². The Labute approximate surface area is 171 Å². The Balaban J connectivity index is 1.93. The second kappa shape index (κ2) is 7.76. The standard InChI is InChI=1S/C24H25N3O2/c1-5-15-13-16(29-6-2)11-12-17(15)21-23-22(25-20(26-23)14-27(3)4)18-9-7-8-10-19(18)24(21)28/h7-13H,5-6,14H2,1-4H3. The van der Waals surface area contributed by atoms with Crippen LogP contribution in [0, 0.1) is 0 Å². The molecule has 0 saturated carbocycles. The van der Waals surface area contributed by atoms with Crippen molar-refractivity contribution in [1.29, 1.82) is 0 Å². The highest BCUT2D eigenvalue weighted by atomic mass is 16.5. The third kappa shape index (κ3) is 3.42. The molecule has 29 heavy (non-hydrogen) atoms. The first-order valence-corrected chi connectivity index (χ1v) is 9.99. The first-order valence-electron chi connectivity index (χ1n) is 9.99. The van der Waals surface area contributed by atoms with E-state index in [4.69, 9.17) is 14.7 Å². The fourth-order valence-corrected chi connectivity index (χ4v) is 3.85. The van der Waals surface area contributed by atoms with Crippen LogP contribution in [0.5, 0.6) is 5.75 Å². The molecule has 0 atom stereocenters. The fraction of sp³-hybridized carbons (Fsp3) is 0.292. The number of aliphatic imine (C=N–C) groups is 2. The van der Waals surface area contributed by atoms with Crippen LogP contribution < -0.4 is 4.74 Å². The molecular formula is C24H25N3O2. The molecule has 0 fully saturated rings. The average Bonchev–Trinajstić information content (AvgIpc) is 3.12. The number of ketones is 1. The van der Waals surface area contributed by atoms with Crippen LogP contribution >= 0.6 is 0 Å². The number of allylic oxidation sites excluding steroid dienone is 2. The number of rotatable bonds is 6. The molecule has 2 aromatic rings. The lowest BCUT2D eigenvalue weighted by Crippen LogP contribution is -2.20. The summed E-state index contributed by atoms with van der Waals surface area (Å²) in [6, 6.07) is 13.6. The zero-order chi connectivity index (χ0) is 20.5. The van der Waals surface area contributed by atoms with Gasteiger partial charge in [0.05, 0.1) is 24.4 Å². The Morgan fingerprint density at radius 2 is 1.72 bits per heavy atom. The summed E-state index contributed by atoms with van der Waals surface area (Å²) in [7, 11) is 3.97. The number of ether oxygens (including phenoxy) is 1. The van der Waals surface area contributed by atoms with Gasteiger partial charge in [0.1, 0.15) is 17.3 Å². The lowest BCUT2D eigenvalue weighted by atomic mass is 9.82. The molecule has 4 rings (SSSR count). The Hall–Kier alpha value is -3.05. The third-order valence-corrected chi connectivity index (χ3v) is 5.09. The van der Waals surface area contributed by atoms with E-state index in [2.05, 4.69) is 6.92 Å². The van der Waals surface area contributed by atoms with Gasteiger partial charge in [0, 0.05) is 11.1 Å². The van der Waals surface area contributed by atoms with Gasteiger partial charge in [0.25, 0.3) is 0 Å². The van der Waals surface area contributed by atoms with E-state index in [1.807, 2.05) is 68.4 Å². The molecule has 5 heteroatoms. The van der Waals surface area contributed by atoms with Gasteiger partial charge in [-0.3, -0.25) is 4.79 Å². The molecule has 1 heterocycles. The summed E-state index contributed by atoms with van der Waals surface area (Å²) in [6.07, 6.45) is 0.794. The molecule has 0 spiro atoms. The summed E-state index contributed by atoms with van der Waals surface area (Å²) in [4.78, 5) is 25.2. The topological polar surface area (TPSA) is 54.3 Å². The number of hydrogen-bond acceptors (Lipinski definition) is 5. The summed E-state index contributed by atoms with van der Waals surface area (Å²) < 4.78 is 5.66. The quantitative estimate of drug-likeness (QED) is 0.752. The van der Waals surface area contributed by atoms with Crippen molar-refractivity contribution < 1.29 is 9.53 Å². The van der Waals surface area contributed by atoms with Crippen molar-refractivity contribution in [2.75, 3.05) is 27.2 Å². The number of amidine groups is 1. The van der Waals surface area contributed by atoms with E-state index in [0.717, 1.165) is 40.4 Å². The normalized spacial score (nSPS) is 15.3. The highest BCUT2D eigenvalue weighted by molar-refractivity contribution is 6.43. The van der Waals surface area contributed by atoms with E-state index in [1.165, 1.54) is 0 Å². The summed E-state index contributed by atoms with van der Waals surface area (Å²) >= 11 is 0. The highest BCUT2D eigenvalue weighted by Crippen LogP contribution is 2.38. The van der Waals surface area contributed by atoms with E-state index < -0.39 is 0 Å².